The first-order chi connectivity index (χ1) is 3.93. The molecule has 0 aromatic carbocycles. The second-order valence-corrected chi connectivity index (χ2v) is 2.07. The summed E-state index contributed by atoms with van der Waals surface area (Å²) >= 11 is 0. The van der Waals surface area contributed by atoms with Crippen LogP contribution >= 0.6 is 0 Å². The monoisotopic (exact) mass is 107 g/mol. The smallest absolute Gasteiger partial charge is 0.00883 e. The maximum Gasteiger partial charge on any atom is -0.00883 e. The van der Waals surface area contributed by atoms with Crippen LogP contribution in [0, 0.1) is 6.08 Å². The summed E-state index contributed by atoms with van der Waals surface area (Å²) in [6.45, 7) is 2.18. The fourth-order valence-electron chi connectivity index (χ4n) is 0.516. The van der Waals surface area contributed by atoms with E-state index in [1.807, 2.05) is 0 Å². The molecule has 8 heavy (non-hydrogen) atoms. The van der Waals surface area contributed by atoms with E-state index >= 15 is 0 Å². The van der Waals surface area contributed by atoms with Gasteiger partial charge in [-0.25, -0.2) is 0 Å². The van der Waals surface area contributed by atoms with Crippen molar-refractivity contribution in [3.05, 3.63) is 23.8 Å². The number of allylic oxidation sites excluding steroid dienone is 4. The van der Waals surface area contributed by atoms with E-state index in [1.165, 1.54) is 24.8 Å². The van der Waals surface area contributed by atoms with E-state index in [9.17, 15) is 0 Å². The Morgan fingerprint density at radius 3 is 3.12 bits per heavy atom. The molecule has 43 valence electrons. The highest BCUT2D eigenvalue weighted by Gasteiger charge is 2.00. The minimum atomic E-state index is 1.18. The number of hydrogen-bond donors (Lipinski definition) is 0. The van der Waals surface area contributed by atoms with Gasteiger partial charge in [0.25, 0.3) is 0 Å². The highest BCUT2D eigenvalue weighted by atomic mass is 14.0. The minimum Gasteiger partial charge on any atom is -0.0764 e. The van der Waals surface area contributed by atoms with Gasteiger partial charge in [-0.15, -0.1) is 0 Å². The minimum absolute atomic E-state index is 1.18. The van der Waals surface area contributed by atoms with E-state index in [0.29, 0.717) is 0 Å². The van der Waals surface area contributed by atoms with Crippen molar-refractivity contribution < 1.29 is 0 Å². The van der Waals surface area contributed by atoms with Crippen molar-refractivity contribution in [3.63, 3.8) is 0 Å². The predicted octanol–water partition coefficient (Wildman–Crippen LogP) is 2.48. The van der Waals surface area contributed by atoms with Crippen LogP contribution in [0.2, 0.25) is 0 Å². The fourth-order valence-corrected chi connectivity index (χ4v) is 0.516. The largest absolute Gasteiger partial charge is 0.0764 e. The molecule has 0 aromatic heterocycles. The third kappa shape index (κ3) is 1.97. The van der Waals surface area contributed by atoms with Crippen LogP contribution in [0.1, 0.15) is 26.2 Å². The standard InChI is InChI=1S/C8H11/c1-2-3-4-5-8-6-7-8/h4,6H,2-3,7H2,1H3. The predicted molar refractivity (Wildman–Crippen MR) is 35.4 cm³/mol. The maximum atomic E-state index is 3.19. The summed E-state index contributed by atoms with van der Waals surface area (Å²) in [5.41, 5.74) is 1.39. The average Bonchev–Trinajstić information content (AvgIpc) is 2.51. The zero-order chi connectivity index (χ0) is 5.82. The quantitative estimate of drug-likeness (QED) is 0.519. The van der Waals surface area contributed by atoms with Crippen molar-refractivity contribution in [1.82, 2.24) is 0 Å². The maximum absolute atomic E-state index is 3.19. The van der Waals surface area contributed by atoms with E-state index in [-0.39, 0.29) is 0 Å². The van der Waals surface area contributed by atoms with Crippen LogP contribution in [0.5, 0.6) is 0 Å². The van der Waals surface area contributed by atoms with Crippen molar-refractivity contribution in [1.29, 1.82) is 0 Å². The second kappa shape index (κ2) is 2.71. The third-order valence-electron chi connectivity index (χ3n) is 1.13. The molecule has 0 amide bonds. The van der Waals surface area contributed by atoms with Crippen LogP contribution in [0.4, 0.5) is 0 Å². The summed E-state index contributed by atoms with van der Waals surface area (Å²) in [6, 6.07) is 0. The molecule has 1 radical (unpaired) electrons. The first-order valence-electron chi connectivity index (χ1n) is 3.20. The molecular weight excluding hydrogens is 96.1 g/mol. The molecule has 0 saturated carbocycles. The summed E-state index contributed by atoms with van der Waals surface area (Å²) in [5.74, 6) is 0. The molecule has 0 aliphatic heterocycles. The van der Waals surface area contributed by atoms with Gasteiger partial charge in [0, 0.05) is 0 Å². The average molecular weight is 107 g/mol. The van der Waals surface area contributed by atoms with Gasteiger partial charge in [-0.2, -0.15) is 0 Å². The number of unbranched alkanes of at least 4 members (excludes halogenated alkanes) is 1. The molecule has 0 atom stereocenters. The molecule has 0 aromatic rings. The van der Waals surface area contributed by atoms with Crippen molar-refractivity contribution in [2.45, 2.75) is 26.2 Å². The Hall–Kier alpha value is -0.520. The molecule has 0 bridgehead atoms. The SMILES string of the molecule is CCC/C=[C]\C1=CC1. The van der Waals surface area contributed by atoms with Crippen molar-refractivity contribution in [3.8, 4) is 0 Å². The van der Waals surface area contributed by atoms with Gasteiger partial charge in [0.1, 0.15) is 0 Å². The lowest BCUT2D eigenvalue weighted by atomic mass is 10.3. The van der Waals surface area contributed by atoms with Crippen molar-refractivity contribution in [2.75, 3.05) is 0 Å². The zero-order valence-corrected chi connectivity index (χ0v) is 5.28. The van der Waals surface area contributed by atoms with E-state index in [0.717, 1.165) is 0 Å². The molecule has 1 aliphatic carbocycles. The van der Waals surface area contributed by atoms with Crippen LogP contribution in [0.15, 0.2) is 17.7 Å². The van der Waals surface area contributed by atoms with Crippen LogP contribution in [-0.2, 0) is 0 Å². The molecule has 0 heterocycles. The summed E-state index contributed by atoms with van der Waals surface area (Å²) in [5, 5.41) is 0. The summed E-state index contributed by atoms with van der Waals surface area (Å²) in [7, 11) is 0. The summed E-state index contributed by atoms with van der Waals surface area (Å²) in [6.07, 6.45) is 11.1. The Balaban J connectivity index is 2.05. The van der Waals surface area contributed by atoms with Gasteiger partial charge >= 0.3 is 0 Å². The molecule has 0 unspecified atom stereocenters. The Morgan fingerprint density at radius 1 is 1.88 bits per heavy atom. The first-order valence-corrected chi connectivity index (χ1v) is 3.20. The third-order valence-corrected chi connectivity index (χ3v) is 1.13. The van der Waals surface area contributed by atoms with E-state index in [4.69, 9.17) is 0 Å². The Labute approximate surface area is 50.9 Å². The molecule has 0 spiro atoms. The molecule has 0 N–H and O–H groups in total. The van der Waals surface area contributed by atoms with Gasteiger partial charge < -0.3 is 0 Å². The molecule has 0 heteroatoms. The van der Waals surface area contributed by atoms with Gasteiger partial charge in [0.15, 0.2) is 0 Å². The van der Waals surface area contributed by atoms with E-state index in [1.54, 1.807) is 0 Å². The van der Waals surface area contributed by atoms with Crippen molar-refractivity contribution >= 4 is 0 Å². The highest BCUT2D eigenvalue weighted by Crippen LogP contribution is 2.18. The molecule has 0 fully saturated rings. The number of rotatable bonds is 3. The molecule has 0 nitrogen and oxygen atoms in total. The fraction of sp³-hybridized carbons (Fsp3) is 0.500. The second-order valence-electron chi connectivity index (χ2n) is 2.07. The van der Waals surface area contributed by atoms with Crippen molar-refractivity contribution in [2.24, 2.45) is 0 Å². The van der Waals surface area contributed by atoms with Crippen LogP contribution in [0.3, 0.4) is 0 Å². The van der Waals surface area contributed by atoms with E-state index in [2.05, 4.69) is 25.2 Å². The Bertz CT molecular complexity index is 118. The van der Waals surface area contributed by atoms with Gasteiger partial charge in [-0.3, -0.25) is 0 Å². The lowest BCUT2D eigenvalue weighted by Crippen LogP contribution is -1.59. The highest BCUT2D eigenvalue weighted by molar-refractivity contribution is 5.28. The lowest BCUT2D eigenvalue weighted by Gasteiger charge is -1.78. The molecule has 0 saturated heterocycles. The van der Waals surface area contributed by atoms with Gasteiger partial charge in [-0.05, 0) is 24.5 Å². The van der Waals surface area contributed by atoms with Gasteiger partial charge in [0.05, 0.1) is 0 Å². The summed E-state index contributed by atoms with van der Waals surface area (Å²) in [4.78, 5) is 0. The van der Waals surface area contributed by atoms with Gasteiger partial charge in [-0.1, -0.05) is 25.5 Å². The molecular formula is C8H11. The first kappa shape index (κ1) is 5.61. The topological polar surface area (TPSA) is 0 Å². The zero-order valence-electron chi connectivity index (χ0n) is 5.28. The lowest BCUT2D eigenvalue weighted by molar-refractivity contribution is 0.956. The van der Waals surface area contributed by atoms with Crippen LogP contribution < -0.4 is 0 Å². The number of hydrogen-bond acceptors (Lipinski definition) is 0. The Morgan fingerprint density at radius 2 is 2.62 bits per heavy atom. The summed E-state index contributed by atoms with van der Waals surface area (Å²) < 4.78 is 0. The normalized spacial score (nSPS) is 16.9. The Kier molecular flexibility index (Phi) is 1.90. The molecule has 1 rings (SSSR count). The van der Waals surface area contributed by atoms with E-state index < -0.39 is 0 Å². The molecule has 1 aliphatic rings. The van der Waals surface area contributed by atoms with Crippen LogP contribution in [0.25, 0.3) is 0 Å². The van der Waals surface area contributed by atoms with Crippen LogP contribution in [-0.4, -0.2) is 0 Å². The van der Waals surface area contributed by atoms with Gasteiger partial charge in [0.2, 0.25) is 0 Å².